The van der Waals surface area contributed by atoms with Gasteiger partial charge in [-0.2, -0.15) is 0 Å². The number of unbranched alkanes of at least 4 members (excludes halogenated alkanes) is 1. The van der Waals surface area contributed by atoms with Crippen LogP contribution in [0.2, 0.25) is 0 Å². The zero-order valence-electron chi connectivity index (χ0n) is 15.4. The van der Waals surface area contributed by atoms with E-state index in [-0.39, 0.29) is 5.56 Å². The van der Waals surface area contributed by atoms with Crippen LogP contribution in [0.3, 0.4) is 0 Å². The van der Waals surface area contributed by atoms with Gasteiger partial charge >= 0.3 is 0 Å². The Morgan fingerprint density at radius 1 is 1.38 bits per heavy atom. The van der Waals surface area contributed by atoms with Crippen molar-refractivity contribution >= 4 is 5.82 Å². The molecule has 1 unspecified atom stereocenters. The summed E-state index contributed by atoms with van der Waals surface area (Å²) in [6, 6.07) is 8.53. The Morgan fingerprint density at radius 2 is 2.27 bits per heavy atom. The lowest BCUT2D eigenvalue weighted by Gasteiger charge is -2.33. The minimum absolute atomic E-state index is 0.122. The van der Waals surface area contributed by atoms with Gasteiger partial charge in [-0.3, -0.25) is 4.79 Å². The highest BCUT2D eigenvalue weighted by Gasteiger charge is 2.22. The number of nitrogens with zero attached hydrogens (tertiary/aromatic N) is 2. The molecule has 0 radical (unpaired) electrons. The second-order valence-electron chi connectivity index (χ2n) is 6.72. The van der Waals surface area contributed by atoms with E-state index in [1.807, 2.05) is 18.2 Å². The van der Waals surface area contributed by atoms with Gasteiger partial charge in [0.2, 0.25) is 0 Å². The van der Waals surface area contributed by atoms with Crippen molar-refractivity contribution in [2.24, 2.45) is 0 Å². The maximum atomic E-state index is 12.0. The second kappa shape index (κ2) is 9.38. The minimum atomic E-state index is -0.122. The topological polar surface area (TPSA) is 70.2 Å². The second-order valence-corrected chi connectivity index (χ2v) is 6.72. The average molecular weight is 356 g/mol. The summed E-state index contributed by atoms with van der Waals surface area (Å²) in [7, 11) is 0. The first-order chi connectivity index (χ1) is 12.8. The molecule has 140 valence electrons. The van der Waals surface area contributed by atoms with E-state index in [1.54, 1.807) is 12.4 Å². The molecule has 1 aliphatic heterocycles. The number of aromatic amines is 1. The number of hydrogen-bond donors (Lipinski definition) is 2. The van der Waals surface area contributed by atoms with Crippen molar-refractivity contribution < 1.29 is 4.74 Å². The Morgan fingerprint density at radius 3 is 3.12 bits per heavy atom. The van der Waals surface area contributed by atoms with E-state index in [4.69, 9.17) is 4.74 Å². The van der Waals surface area contributed by atoms with Gasteiger partial charge in [0.05, 0.1) is 6.61 Å². The Labute approximate surface area is 154 Å². The third-order valence-electron chi connectivity index (χ3n) is 4.72. The quantitative estimate of drug-likeness (QED) is 0.712. The zero-order valence-corrected chi connectivity index (χ0v) is 15.4. The van der Waals surface area contributed by atoms with E-state index in [0.29, 0.717) is 11.9 Å². The largest absolute Gasteiger partial charge is 0.493 e. The standard InChI is InChI=1S/C20H28N4O2/c1-2-3-13-26-18-9-5-4-7-16(18)14-23-17-8-6-12-24(15-17)19-20(25)22-11-10-21-19/h4-5,7,9-11,17,23H,2-3,6,8,12-15H2,1H3,(H,22,25). The van der Waals surface area contributed by atoms with E-state index in [1.165, 1.54) is 5.56 Å². The van der Waals surface area contributed by atoms with Gasteiger partial charge in [0, 0.05) is 43.6 Å². The molecule has 26 heavy (non-hydrogen) atoms. The first-order valence-electron chi connectivity index (χ1n) is 9.50. The molecular formula is C20H28N4O2. The normalized spacial score (nSPS) is 17.3. The molecule has 1 aliphatic rings. The van der Waals surface area contributed by atoms with Crippen molar-refractivity contribution in [3.8, 4) is 5.75 Å². The van der Waals surface area contributed by atoms with Gasteiger partial charge in [0.1, 0.15) is 5.75 Å². The predicted molar refractivity (Wildman–Crippen MR) is 104 cm³/mol. The number of H-pyrrole nitrogens is 1. The molecule has 1 fully saturated rings. The van der Waals surface area contributed by atoms with Crippen LogP contribution in [0.15, 0.2) is 41.5 Å². The number of rotatable bonds is 8. The first kappa shape index (κ1) is 18.5. The summed E-state index contributed by atoms with van der Waals surface area (Å²) < 4.78 is 5.92. The number of piperidine rings is 1. The van der Waals surface area contributed by atoms with Gasteiger partial charge in [-0.1, -0.05) is 31.5 Å². The Balaban J connectivity index is 1.58. The van der Waals surface area contributed by atoms with Crippen LogP contribution in [0, 0.1) is 0 Å². The first-order valence-corrected chi connectivity index (χ1v) is 9.50. The van der Waals surface area contributed by atoms with Gasteiger partial charge < -0.3 is 19.9 Å². The summed E-state index contributed by atoms with van der Waals surface area (Å²) >= 11 is 0. The maximum absolute atomic E-state index is 12.0. The highest BCUT2D eigenvalue weighted by molar-refractivity contribution is 5.36. The van der Waals surface area contributed by atoms with E-state index >= 15 is 0 Å². The lowest BCUT2D eigenvalue weighted by Crippen LogP contribution is -2.47. The number of anilines is 1. The SMILES string of the molecule is CCCCOc1ccccc1CNC1CCCN(c2ncc[nH]c2=O)C1. The fourth-order valence-electron chi connectivity index (χ4n) is 3.28. The molecule has 1 saturated heterocycles. The summed E-state index contributed by atoms with van der Waals surface area (Å²) in [5, 5.41) is 3.63. The number of ether oxygens (including phenoxy) is 1. The molecule has 1 aromatic carbocycles. The Bertz CT molecular complexity index is 746. The van der Waals surface area contributed by atoms with Crippen molar-refractivity contribution in [1.82, 2.24) is 15.3 Å². The molecule has 3 rings (SSSR count). The molecule has 0 amide bonds. The third kappa shape index (κ3) is 4.85. The third-order valence-corrected chi connectivity index (χ3v) is 4.72. The van der Waals surface area contributed by atoms with Crippen molar-refractivity contribution in [2.75, 3.05) is 24.6 Å². The van der Waals surface area contributed by atoms with Gasteiger partial charge in [0.25, 0.3) is 5.56 Å². The maximum Gasteiger partial charge on any atom is 0.290 e. The molecule has 6 nitrogen and oxygen atoms in total. The van der Waals surface area contributed by atoms with Gasteiger partial charge in [-0.15, -0.1) is 0 Å². The average Bonchev–Trinajstić information content (AvgIpc) is 2.68. The lowest BCUT2D eigenvalue weighted by atomic mass is 10.1. The van der Waals surface area contributed by atoms with Crippen LogP contribution in [0.4, 0.5) is 5.82 Å². The number of nitrogens with one attached hydrogen (secondary N) is 2. The number of aromatic nitrogens is 2. The van der Waals surface area contributed by atoms with Crippen LogP contribution in [0.1, 0.15) is 38.2 Å². The summed E-state index contributed by atoms with van der Waals surface area (Å²) in [5.41, 5.74) is 1.05. The number of benzene rings is 1. The van der Waals surface area contributed by atoms with E-state index in [9.17, 15) is 4.79 Å². The molecule has 2 heterocycles. The van der Waals surface area contributed by atoms with Crippen LogP contribution in [-0.4, -0.2) is 35.7 Å². The van der Waals surface area contributed by atoms with Crippen molar-refractivity contribution in [3.05, 3.63) is 52.6 Å². The highest BCUT2D eigenvalue weighted by Crippen LogP contribution is 2.20. The Hall–Kier alpha value is -2.34. The summed E-state index contributed by atoms with van der Waals surface area (Å²) in [4.78, 5) is 21.0. The molecule has 0 spiro atoms. The minimum Gasteiger partial charge on any atom is -0.493 e. The lowest BCUT2D eigenvalue weighted by molar-refractivity contribution is 0.304. The van der Waals surface area contributed by atoms with Crippen LogP contribution < -0.4 is 20.5 Å². The Kier molecular flexibility index (Phi) is 6.66. The van der Waals surface area contributed by atoms with E-state index < -0.39 is 0 Å². The molecule has 0 saturated carbocycles. The molecule has 2 N–H and O–H groups in total. The predicted octanol–water partition coefficient (Wildman–Crippen LogP) is 2.71. The van der Waals surface area contributed by atoms with Gasteiger partial charge in [0.15, 0.2) is 5.82 Å². The summed E-state index contributed by atoms with van der Waals surface area (Å²) in [6.07, 6.45) is 7.55. The fraction of sp³-hybridized carbons (Fsp3) is 0.500. The smallest absolute Gasteiger partial charge is 0.290 e. The van der Waals surface area contributed by atoms with Crippen LogP contribution >= 0.6 is 0 Å². The zero-order chi connectivity index (χ0) is 18.2. The molecular weight excluding hydrogens is 328 g/mol. The van der Waals surface area contributed by atoms with Crippen molar-refractivity contribution in [2.45, 2.75) is 45.2 Å². The van der Waals surface area contributed by atoms with E-state index in [2.05, 4.69) is 33.2 Å². The van der Waals surface area contributed by atoms with E-state index in [0.717, 1.165) is 57.7 Å². The summed E-state index contributed by atoms with van der Waals surface area (Å²) in [5.74, 6) is 1.48. The molecule has 1 atom stereocenters. The van der Waals surface area contributed by atoms with Crippen molar-refractivity contribution in [3.63, 3.8) is 0 Å². The number of para-hydroxylation sites is 1. The molecule has 6 heteroatoms. The molecule has 0 bridgehead atoms. The monoisotopic (exact) mass is 356 g/mol. The fourth-order valence-corrected chi connectivity index (χ4v) is 3.28. The number of hydrogen-bond acceptors (Lipinski definition) is 5. The molecule has 2 aromatic rings. The van der Waals surface area contributed by atoms with Gasteiger partial charge in [-0.25, -0.2) is 4.98 Å². The highest BCUT2D eigenvalue weighted by atomic mass is 16.5. The molecule has 1 aromatic heterocycles. The molecule has 0 aliphatic carbocycles. The van der Waals surface area contributed by atoms with Crippen LogP contribution in [0.25, 0.3) is 0 Å². The summed E-state index contributed by atoms with van der Waals surface area (Å²) in [6.45, 7) is 5.35. The van der Waals surface area contributed by atoms with Crippen LogP contribution in [-0.2, 0) is 6.54 Å². The van der Waals surface area contributed by atoms with Crippen LogP contribution in [0.5, 0.6) is 5.75 Å². The van der Waals surface area contributed by atoms with Crippen molar-refractivity contribution in [1.29, 1.82) is 0 Å². The van der Waals surface area contributed by atoms with Gasteiger partial charge in [-0.05, 0) is 25.3 Å².